The number of benzene rings is 1. The van der Waals surface area contributed by atoms with E-state index in [1.165, 1.54) is 12.1 Å². The third-order valence-corrected chi connectivity index (χ3v) is 3.25. The first-order valence-electron chi connectivity index (χ1n) is 8.47. The maximum atomic E-state index is 11.0. The average molecular weight is 397 g/mol. The first kappa shape index (κ1) is 23.3. The van der Waals surface area contributed by atoms with Gasteiger partial charge < -0.3 is 24.3 Å². The van der Waals surface area contributed by atoms with Crippen molar-refractivity contribution in [3.8, 4) is 12.3 Å². The van der Waals surface area contributed by atoms with Crippen LogP contribution in [0.1, 0.15) is 0 Å². The van der Waals surface area contributed by atoms with Crippen LogP contribution >= 0.6 is 0 Å². The van der Waals surface area contributed by atoms with Gasteiger partial charge in [0.25, 0.3) is 11.4 Å². The van der Waals surface area contributed by atoms with Crippen molar-refractivity contribution in [1.82, 2.24) is 0 Å². The highest BCUT2D eigenvalue weighted by atomic mass is 16.6. The maximum absolute atomic E-state index is 11.0. The van der Waals surface area contributed by atoms with Gasteiger partial charge >= 0.3 is 0 Å². The van der Waals surface area contributed by atoms with Crippen LogP contribution in [0.3, 0.4) is 0 Å². The Balaban J connectivity index is 2.08. The zero-order valence-electron chi connectivity index (χ0n) is 15.3. The maximum Gasteiger partial charge on any atom is 0.299 e. The fourth-order valence-corrected chi connectivity index (χ4v) is 1.98. The van der Waals surface area contributed by atoms with Crippen molar-refractivity contribution in [3.63, 3.8) is 0 Å². The van der Waals surface area contributed by atoms with Crippen LogP contribution in [0, 0.1) is 32.6 Å². The van der Waals surface area contributed by atoms with Crippen molar-refractivity contribution >= 4 is 17.1 Å². The van der Waals surface area contributed by atoms with Gasteiger partial charge in [0, 0.05) is 12.6 Å². The number of nitrogens with one attached hydrogen (secondary N) is 1. The summed E-state index contributed by atoms with van der Waals surface area (Å²) in [4.78, 5) is 20.4. The van der Waals surface area contributed by atoms with Gasteiger partial charge in [0.2, 0.25) is 0 Å². The Morgan fingerprint density at radius 1 is 0.893 bits per heavy atom. The molecule has 0 radical (unpaired) electrons. The molecule has 0 spiro atoms. The van der Waals surface area contributed by atoms with Crippen LogP contribution in [-0.4, -0.2) is 69.2 Å². The van der Waals surface area contributed by atoms with Gasteiger partial charge in [-0.3, -0.25) is 20.2 Å². The van der Waals surface area contributed by atoms with Crippen molar-refractivity contribution in [2.24, 2.45) is 0 Å². The van der Waals surface area contributed by atoms with Crippen molar-refractivity contribution in [1.29, 1.82) is 0 Å². The number of ether oxygens (including phenoxy) is 4. The molecular formula is C17H23N3O8. The Kier molecular flexibility index (Phi) is 11.9. The molecule has 0 aliphatic carbocycles. The van der Waals surface area contributed by atoms with E-state index in [9.17, 15) is 20.2 Å². The van der Waals surface area contributed by atoms with Crippen molar-refractivity contribution in [2.75, 3.05) is 64.7 Å². The van der Waals surface area contributed by atoms with E-state index in [0.29, 0.717) is 52.8 Å². The number of nitro groups is 2. The van der Waals surface area contributed by atoms with Crippen LogP contribution in [0.2, 0.25) is 0 Å². The first-order valence-corrected chi connectivity index (χ1v) is 8.47. The molecule has 154 valence electrons. The van der Waals surface area contributed by atoms with E-state index >= 15 is 0 Å². The highest BCUT2D eigenvalue weighted by Gasteiger charge is 2.18. The van der Waals surface area contributed by atoms with Crippen LogP contribution in [0.15, 0.2) is 18.2 Å². The first-order chi connectivity index (χ1) is 13.6. The Bertz CT molecular complexity index is 662. The lowest BCUT2D eigenvalue weighted by molar-refractivity contribution is -0.393. The molecule has 28 heavy (non-hydrogen) atoms. The van der Waals surface area contributed by atoms with Gasteiger partial charge in [0.05, 0.1) is 62.2 Å². The Morgan fingerprint density at radius 3 is 2.00 bits per heavy atom. The molecule has 1 N–H and O–H groups in total. The number of nitrogens with zero attached hydrogens (tertiary/aromatic N) is 2. The fourth-order valence-electron chi connectivity index (χ4n) is 1.98. The van der Waals surface area contributed by atoms with Gasteiger partial charge in [-0.05, 0) is 6.07 Å². The Hall–Kier alpha value is -2.78. The van der Waals surface area contributed by atoms with Gasteiger partial charge in [-0.1, -0.05) is 5.92 Å². The second-order valence-electron chi connectivity index (χ2n) is 5.24. The van der Waals surface area contributed by atoms with Gasteiger partial charge in [-0.15, -0.1) is 6.42 Å². The molecule has 0 bridgehead atoms. The monoisotopic (exact) mass is 397 g/mol. The molecule has 1 rings (SSSR count). The minimum atomic E-state index is -0.682. The van der Waals surface area contributed by atoms with Crippen molar-refractivity contribution in [2.45, 2.75) is 0 Å². The molecule has 0 unspecified atom stereocenters. The number of nitro benzene ring substituents is 2. The van der Waals surface area contributed by atoms with Gasteiger partial charge in [0.1, 0.15) is 12.3 Å². The lowest BCUT2D eigenvalue weighted by Gasteiger charge is -2.09. The number of non-ortho nitro benzene ring substituents is 1. The normalized spacial score (nSPS) is 10.4. The second kappa shape index (κ2) is 14.3. The predicted octanol–water partition coefficient (Wildman–Crippen LogP) is 1.61. The number of hydrogen-bond donors (Lipinski definition) is 1. The quantitative estimate of drug-likeness (QED) is 0.191. The summed E-state index contributed by atoms with van der Waals surface area (Å²) in [6, 6.07) is 3.42. The van der Waals surface area contributed by atoms with E-state index in [4.69, 9.17) is 25.4 Å². The largest absolute Gasteiger partial charge is 0.377 e. The van der Waals surface area contributed by atoms with Crippen molar-refractivity contribution < 1.29 is 28.8 Å². The minimum Gasteiger partial charge on any atom is -0.377 e. The summed E-state index contributed by atoms with van der Waals surface area (Å²) < 4.78 is 21.0. The summed E-state index contributed by atoms with van der Waals surface area (Å²) in [6.45, 7) is 3.35. The molecule has 11 nitrogen and oxygen atoms in total. The third kappa shape index (κ3) is 9.79. The highest BCUT2D eigenvalue weighted by Crippen LogP contribution is 2.28. The lowest BCUT2D eigenvalue weighted by Crippen LogP contribution is -2.15. The number of rotatable bonds is 16. The molecule has 11 heteroatoms. The standard InChI is InChI=1S/C17H23N3O8/c1-2-6-25-8-10-27-12-13-28-11-9-26-7-5-18-16-4-3-15(19(21)22)14-17(16)20(23)24/h1,3-4,14,18H,5-13H2. The topological polar surface area (TPSA) is 135 Å². The molecule has 0 aromatic heterocycles. The Labute approximate surface area is 162 Å². The minimum absolute atomic E-state index is 0.193. The van der Waals surface area contributed by atoms with Crippen LogP contribution in [0.5, 0.6) is 0 Å². The van der Waals surface area contributed by atoms with Gasteiger partial charge in [-0.2, -0.15) is 0 Å². The SMILES string of the molecule is C#CCOCCOCCOCCOCCNc1ccc([N+](=O)[O-])cc1[N+](=O)[O-]. The van der Waals surface area contributed by atoms with Crippen LogP contribution in [0.4, 0.5) is 17.1 Å². The van der Waals surface area contributed by atoms with Gasteiger partial charge in [0.15, 0.2) is 0 Å². The molecule has 1 aromatic rings. The van der Waals surface area contributed by atoms with E-state index in [2.05, 4.69) is 11.2 Å². The smallest absolute Gasteiger partial charge is 0.299 e. The van der Waals surface area contributed by atoms with Crippen LogP contribution < -0.4 is 5.32 Å². The Morgan fingerprint density at radius 2 is 1.46 bits per heavy atom. The molecule has 0 aliphatic heterocycles. The summed E-state index contributed by atoms with van der Waals surface area (Å²) >= 11 is 0. The summed E-state index contributed by atoms with van der Waals surface area (Å²) in [5, 5.41) is 24.5. The molecule has 0 fully saturated rings. The van der Waals surface area contributed by atoms with E-state index in [1.54, 1.807) is 0 Å². The zero-order valence-corrected chi connectivity index (χ0v) is 15.3. The molecule has 0 amide bonds. The van der Waals surface area contributed by atoms with E-state index in [-0.39, 0.29) is 23.7 Å². The van der Waals surface area contributed by atoms with E-state index in [1.807, 2.05) is 0 Å². The summed E-state index contributed by atoms with van der Waals surface area (Å²) in [6.07, 6.45) is 5.03. The van der Waals surface area contributed by atoms with Crippen LogP contribution in [-0.2, 0) is 18.9 Å². The number of hydrogen-bond acceptors (Lipinski definition) is 9. The molecule has 0 saturated carbocycles. The summed E-state index contributed by atoms with van der Waals surface area (Å²) in [5.74, 6) is 2.36. The van der Waals surface area contributed by atoms with Crippen molar-refractivity contribution in [3.05, 3.63) is 38.4 Å². The molecule has 0 aliphatic rings. The summed E-state index contributed by atoms with van der Waals surface area (Å²) in [5.41, 5.74) is -0.504. The highest BCUT2D eigenvalue weighted by molar-refractivity contribution is 5.65. The van der Waals surface area contributed by atoms with Gasteiger partial charge in [-0.25, -0.2) is 0 Å². The predicted molar refractivity (Wildman–Crippen MR) is 100 cm³/mol. The second-order valence-corrected chi connectivity index (χ2v) is 5.24. The molecule has 1 aromatic carbocycles. The average Bonchev–Trinajstić information content (AvgIpc) is 2.68. The van der Waals surface area contributed by atoms with E-state index in [0.717, 1.165) is 6.07 Å². The van der Waals surface area contributed by atoms with E-state index < -0.39 is 9.85 Å². The number of terminal acetylenes is 1. The third-order valence-electron chi connectivity index (χ3n) is 3.25. The molecular weight excluding hydrogens is 374 g/mol. The summed E-state index contributed by atoms with van der Waals surface area (Å²) in [7, 11) is 0. The number of anilines is 1. The lowest BCUT2D eigenvalue weighted by atomic mass is 10.2. The zero-order chi connectivity index (χ0) is 20.6. The molecule has 0 saturated heterocycles. The molecule has 0 heterocycles. The molecule has 0 atom stereocenters. The fraction of sp³-hybridized carbons (Fsp3) is 0.529. The van der Waals surface area contributed by atoms with Crippen LogP contribution in [0.25, 0.3) is 0 Å².